The number of unbranched alkanes of at least 4 members (excludes halogenated alkanes) is 19. The summed E-state index contributed by atoms with van der Waals surface area (Å²) in [6.07, 6.45) is 55.6. The van der Waals surface area contributed by atoms with Crippen LogP contribution >= 0.6 is 7.82 Å². The lowest BCUT2D eigenvalue weighted by atomic mass is 10.0. The monoisotopic (exact) mass is 906 g/mol. The molecule has 0 spiro atoms. The summed E-state index contributed by atoms with van der Waals surface area (Å²) in [4.78, 5) is 46.1. The van der Waals surface area contributed by atoms with Gasteiger partial charge < -0.3 is 25.2 Å². The molecule has 0 heterocycles. The number of ether oxygens (including phenoxy) is 2. The van der Waals surface area contributed by atoms with E-state index in [-0.39, 0.29) is 19.4 Å². The van der Waals surface area contributed by atoms with Gasteiger partial charge in [-0.05, 0) is 51.4 Å². The van der Waals surface area contributed by atoms with Gasteiger partial charge in [-0.1, -0.05) is 209 Å². The van der Waals surface area contributed by atoms with Gasteiger partial charge in [0.2, 0.25) is 0 Å². The highest BCUT2D eigenvalue weighted by Gasteiger charge is 2.28. The average molecular weight is 906 g/mol. The van der Waals surface area contributed by atoms with Crippen LogP contribution in [0.5, 0.6) is 0 Å². The van der Waals surface area contributed by atoms with E-state index in [1.807, 2.05) is 12.2 Å². The Morgan fingerprint density at radius 1 is 0.508 bits per heavy atom. The second-order valence-electron chi connectivity index (χ2n) is 16.2. The van der Waals surface area contributed by atoms with E-state index in [1.165, 1.54) is 103 Å². The number of carboxylic acid groups (broad SMARTS) is 1. The minimum absolute atomic E-state index is 0.0345. The number of carboxylic acids is 1. The van der Waals surface area contributed by atoms with E-state index in [0.717, 1.165) is 51.4 Å². The van der Waals surface area contributed by atoms with Crippen LogP contribution < -0.4 is 5.73 Å². The van der Waals surface area contributed by atoms with E-state index in [4.69, 9.17) is 24.8 Å². The molecule has 12 heteroatoms. The molecule has 0 rings (SSSR count). The van der Waals surface area contributed by atoms with E-state index in [2.05, 4.69) is 79.1 Å². The molecule has 0 aliphatic carbocycles. The van der Waals surface area contributed by atoms with Crippen LogP contribution in [-0.2, 0) is 37.5 Å². The van der Waals surface area contributed by atoms with E-state index >= 15 is 0 Å². The van der Waals surface area contributed by atoms with E-state index in [0.29, 0.717) is 19.3 Å². The average Bonchev–Trinajstić information content (AvgIpc) is 3.26. The molecule has 0 aliphatic heterocycles. The molecule has 4 N–H and O–H groups in total. The number of rotatable bonds is 45. The summed E-state index contributed by atoms with van der Waals surface area (Å²) in [6.45, 7) is 2.64. The largest absolute Gasteiger partial charge is 0.480 e. The van der Waals surface area contributed by atoms with Gasteiger partial charge in [0, 0.05) is 12.8 Å². The predicted molar refractivity (Wildman–Crippen MR) is 258 cm³/mol. The number of hydrogen-bond donors (Lipinski definition) is 3. The Hall–Kier alpha value is -3.08. The third-order valence-corrected chi connectivity index (χ3v) is 11.2. The quantitative estimate of drug-likeness (QED) is 0.0230. The van der Waals surface area contributed by atoms with Crippen LogP contribution in [0.3, 0.4) is 0 Å². The van der Waals surface area contributed by atoms with Gasteiger partial charge in [0.1, 0.15) is 12.6 Å². The molecule has 0 amide bonds. The van der Waals surface area contributed by atoms with Crippen molar-refractivity contribution in [1.29, 1.82) is 0 Å². The van der Waals surface area contributed by atoms with Gasteiger partial charge >= 0.3 is 25.7 Å². The maximum absolute atomic E-state index is 12.6. The summed E-state index contributed by atoms with van der Waals surface area (Å²) in [5.74, 6) is -2.48. The minimum Gasteiger partial charge on any atom is -0.480 e. The summed E-state index contributed by atoms with van der Waals surface area (Å²) in [5.41, 5.74) is 5.34. The summed E-state index contributed by atoms with van der Waals surface area (Å²) in [5, 5.41) is 8.91. The molecule has 11 nitrogen and oxygen atoms in total. The second-order valence-corrected chi connectivity index (χ2v) is 17.7. The molecule has 0 aromatic carbocycles. The van der Waals surface area contributed by atoms with Gasteiger partial charge in [-0.25, -0.2) is 4.57 Å². The lowest BCUT2D eigenvalue weighted by molar-refractivity contribution is -0.161. The van der Waals surface area contributed by atoms with Crippen molar-refractivity contribution < 1.29 is 47.5 Å². The highest BCUT2D eigenvalue weighted by molar-refractivity contribution is 7.47. The van der Waals surface area contributed by atoms with Gasteiger partial charge in [-0.3, -0.25) is 23.4 Å². The Morgan fingerprint density at radius 3 is 1.30 bits per heavy atom. The van der Waals surface area contributed by atoms with Crippen LogP contribution in [0.25, 0.3) is 0 Å². The van der Waals surface area contributed by atoms with Crippen molar-refractivity contribution in [2.75, 3.05) is 19.8 Å². The fourth-order valence-corrected chi connectivity index (χ4v) is 7.22. The van der Waals surface area contributed by atoms with Crippen LogP contribution in [0.15, 0.2) is 72.9 Å². The Bertz CT molecular complexity index is 1340. The standard InChI is InChI=1S/C51H88NO10P/c1-3-5-7-9-11-13-15-17-19-21-23-25-26-28-30-32-34-36-38-40-42-49(53)59-44-47(45-60-63(57,58)61-46-48(52)51(55)56)62-50(54)43-41-39-37-35-33-31-29-27-24-22-20-18-16-14-12-10-8-6-4-2/h6,8,12,14,18,20,24,27,31,33,37,39,47-48H,3-5,7,9-11,13,15-17,19,21-23,25-26,28-30,32,34-36,38,40-46,52H2,1-2H3,(H,55,56)(H,57,58)/b8-6-,14-12-,20-18-,27-24-,33-31-,39-37-. The maximum Gasteiger partial charge on any atom is 0.472 e. The third-order valence-electron chi connectivity index (χ3n) is 10.2. The van der Waals surface area contributed by atoms with E-state index in [1.54, 1.807) is 0 Å². The molecule has 0 saturated carbocycles. The summed E-state index contributed by atoms with van der Waals surface area (Å²) in [6, 6.07) is -1.54. The molecule has 63 heavy (non-hydrogen) atoms. The van der Waals surface area contributed by atoms with Crippen LogP contribution in [0.1, 0.15) is 200 Å². The van der Waals surface area contributed by atoms with Gasteiger partial charge in [0.15, 0.2) is 6.10 Å². The fourth-order valence-electron chi connectivity index (χ4n) is 6.44. The minimum atomic E-state index is -4.74. The van der Waals surface area contributed by atoms with Crippen LogP contribution in [0.4, 0.5) is 0 Å². The number of hydrogen-bond acceptors (Lipinski definition) is 9. The summed E-state index contributed by atoms with van der Waals surface area (Å²) in [7, 11) is -4.74. The molecule has 3 atom stereocenters. The molecule has 3 unspecified atom stereocenters. The topological polar surface area (TPSA) is 172 Å². The fraction of sp³-hybridized carbons (Fsp3) is 0.706. The van der Waals surface area contributed by atoms with Crippen molar-refractivity contribution in [3.05, 3.63) is 72.9 Å². The van der Waals surface area contributed by atoms with Crippen LogP contribution in [0.2, 0.25) is 0 Å². The first-order valence-electron chi connectivity index (χ1n) is 24.5. The number of nitrogens with two attached hydrogens (primary N) is 1. The van der Waals surface area contributed by atoms with Gasteiger partial charge in [0.05, 0.1) is 13.2 Å². The Balaban J connectivity index is 4.38. The molecular weight excluding hydrogens is 818 g/mol. The highest BCUT2D eigenvalue weighted by Crippen LogP contribution is 2.43. The maximum atomic E-state index is 12.6. The number of aliphatic carboxylic acids is 1. The Kier molecular flexibility index (Phi) is 43.3. The zero-order chi connectivity index (χ0) is 46.3. The first-order valence-corrected chi connectivity index (χ1v) is 26.0. The molecule has 0 fully saturated rings. The summed E-state index contributed by atoms with van der Waals surface area (Å²) >= 11 is 0. The molecular formula is C51H88NO10P. The number of allylic oxidation sites excluding steroid dienone is 12. The number of phosphoric acid groups is 1. The summed E-state index contributed by atoms with van der Waals surface area (Å²) < 4.78 is 32.7. The third kappa shape index (κ3) is 45.3. The molecule has 0 bridgehead atoms. The van der Waals surface area contributed by atoms with Crippen LogP contribution in [0, 0.1) is 0 Å². The highest BCUT2D eigenvalue weighted by atomic mass is 31.2. The molecule has 0 aromatic rings. The number of esters is 2. The Morgan fingerprint density at radius 2 is 0.889 bits per heavy atom. The molecule has 0 aromatic heterocycles. The molecule has 0 aliphatic rings. The zero-order valence-corrected chi connectivity index (χ0v) is 40.3. The van der Waals surface area contributed by atoms with Gasteiger partial charge in [-0.15, -0.1) is 0 Å². The predicted octanol–water partition coefficient (Wildman–Crippen LogP) is 13.7. The van der Waals surface area contributed by atoms with Crippen molar-refractivity contribution in [3.8, 4) is 0 Å². The Labute approximate surface area is 382 Å². The number of carbonyl (C=O) groups is 3. The smallest absolute Gasteiger partial charge is 0.472 e. The zero-order valence-electron chi connectivity index (χ0n) is 39.4. The van der Waals surface area contributed by atoms with Gasteiger partial charge in [0.25, 0.3) is 0 Å². The molecule has 0 saturated heterocycles. The lowest BCUT2D eigenvalue weighted by Crippen LogP contribution is -2.34. The molecule has 362 valence electrons. The molecule has 0 radical (unpaired) electrons. The van der Waals surface area contributed by atoms with Crippen molar-refractivity contribution in [3.63, 3.8) is 0 Å². The normalized spacial score (nSPS) is 14.2. The second kappa shape index (κ2) is 45.5. The number of carbonyl (C=O) groups excluding carboxylic acids is 2. The lowest BCUT2D eigenvalue weighted by Gasteiger charge is -2.20. The van der Waals surface area contributed by atoms with Gasteiger partial charge in [-0.2, -0.15) is 0 Å². The van der Waals surface area contributed by atoms with Crippen molar-refractivity contribution >= 4 is 25.7 Å². The van der Waals surface area contributed by atoms with E-state index in [9.17, 15) is 23.8 Å². The van der Waals surface area contributed by atoms with Crippen molar-refractivity contribution in [1.82, 2.24) is 0 Å². The first kappa shape index (κ1) is 59.9. The number of phosphoric ester groups is 1. The van der Waals surface area contributed by atoms with Crippen molar-refractivity contribution in [2.45, 2.75) is 212 Å². The van der Waals surface area contributed by atoms with Crippen LogP contribution in [-0.4, -0.2) is 59.9 Å². The SMILES string of the molecule is CC/C=C\C/C=C\C/C=C\C/C=C\C/C=C\C/C=C\CCC(=O)OC(COC(=O)CCCCCCCCCCCCCCCCCCCCCC)COP(=O)(O)OCC(N)C(=O)O. The van der Waals surface area contributed by atoms with E-state index < -0.39 is 51.1 Å². The first-order chi connectivity index (χ1) is 30.6. The van der Waals surface area contributed by atoms with Crippen molar-refractivity contribution in [2.24, 2.45) is 5.73 Å².